The maximum absolute atomic E-state index is 12.0. The number of ether oxygens (including phenoxy) is 1. The third-order valence-corrected chi connectivity index (χ3v) is 4.38. The average molecular weight is 346 g/mol. The lowest BCUT2D eigenvalue weighted by Gasteiger charge is -2.17. The number of nitrogens with one attached hydrogen (secondary N) is 2. The van der Waals surface area contributed by atoms with Gasteiger partial charge in [-0.25, -0.2) is 0 Å². The van der Waals surface area contributed by atoms with Crippen LogP contribution in [0, 0.1) is 6.92 Å². The van der Waals surface area contributed by atoms with Crippen molar-refractivity contribution in [2.45, 2.75) is 58.1 Å². The van der Waals surface area contributed by atoms with E-state index < -0.39 is 12.1 Å². The Hall–Kier alpha value is -2.37. The highest BCUT2D eigenvalue weighted by Gasteiger charge is 2.23. The zero-order valence-corrected chi connectivity index (χ0v) is 14.8. The highest BCUT2D eigenvalue weighted by Crippen LogP contribution is 2.17. The molecule has 1 atom stereocenters. The third-order valence-electron chi connectivity index (χ3n) is 4.38. The number of carbonyl (C=O) groups is 3. The molecule has 0 unspecified atom stereocenters. The minimum absolute atomic E-state index is 0.0265. The van der Waals surface area contributed by atoms with Gasteiger partial charge in [0.05, 0.1) is 6.42 Å². The quantitative estimate of drug-likeness (QED) is 0.741. The van der Waals surface area contributed by atoms with Gasteiger partial charge >= 0.3 is 5.97 Å². The SMILES string of the molecule is Cc1ccccc1C(=O)NCCC(=O)O[C@H](C)C(=O)NC1CCCC1. The number of carbonyl (C=O) groups excluding carboxylic acids is 3. The van der Waals surface area contributed by atoms with Crippen LogP contribution in [-0.4, -0.2) is 36.5 Å². The van der Waals surface area contributed by atoms with Gasteiger partial charge in [-0.1, -0.05) is 31.0 Å². The molecule has 0 heterocycles. The fourth-order valence-electron chi connectivity index (χ4n) is 2.90. The number of amides is 2. The Bertz CT molecular complexity index is 624. The van der Waals surface area contributed by atoms with Crippen molar-refractivity contribution in [2.75, 3.05) is 6.54 Å². The van der Waals surface area contributed by atoms with E-state index in [1.165, 1.54) is 0 Å². The Labute approximate surface area is 148 Å². The van der Waals surface area contributed by atoms with E-state index in [4.69, 9.17) is 4.74 Å². The summed E-state index contributed by atoms with van der Waals surface area (Å²) in [6.07, 6.45) is 3.42. The predicted octanol–water partition coefficient (Wildman–Crippen LogP) is 2.11. The molecule has 0 bridgehead atoms. The average Bonchev–Trinajstić information content (AvgIpc) is 3.08. The summed E-state index contributed by atoms with van der Waals surface area (Å²) in [5, 5.41) is 5.59. The van der Waals surface area contributed by atoms with Crippen molar-refractivity contribution in [3.05, 3.63) is 35.4 Å². The van der Waals surface area contributed by atoms with Gasteiger partial charge < -0.3 is 15.4 Å². The Morgan fingerprint density at radius 2 is 1.88 bits per heavy atom. The van der Waals surface area contributed by atoms with Crippen LogP contribution in [0.25, 0.3) is 0 Å². The van der Waals surface area contributed by atoms with E-state index in [1.54, 1.807) is 19.1 Å². The van der Waals surface area contributed by atoms with Crippen LogP contribution in [0.2, 0.25) is 0 Å². The number of hydrogen-bond donors (Lipinski definition) is 2. The van der Waals surface area contributed by atoms with Crippen molar-refractivity contribution in [1.82, 2.24) is 10.6 Å². The zero-order chi connectivity index (χ0) is 18.2. The molecular formula is C19H26N2O4. The summed E-state index contributed by atoms with van der Waals surface area (Å²) in [5.41, 5.74) is 1.46. The number of hydrogen-bond acceptors (Lipinski definition) is 4. The van der Waals surface area contributed by atoms with Crippen LogP contribution in [0.3, 0.4) is 0 Å². The number of aryl methyl sites for hydroxylation is 1. The van der Waals surface area contributed by atoms with Crippen LogP contribution in [0.1, 0.15) is 54.9 Å². The summed E-state index contributed by atoms with van der Waals surface area (Å²) in [4.78, 5) is 35.9. The first-order valence-electron chi connectivity index (χ1n) is 8.81. The molecule has 0 aromatic heterocycles. The molecule has 1 aromatic carbocycles. The molecule has 0 saturated heterocycles. The number of benzene rings is 1. The number of esters is 1. The summed E-state index contributed by atoms with van der Waals surface area (Å²) < 4.78 is 5.13. The fourth-order valence-corrected chi connectivity index (χ4v) is 2.90. The topological polar surface area (TPSA) is 84.5 Å². The monoisotopic (exact) mass is 346 g/mol. The van der Waals surface area contributed by atoms with Crippen molar-refractivity contribution >= 4 is 17.8 Å². The first-order chi connectivity index (χ1) is 12.0. The third kappa shape index (κ3) is 5.89. The van der Waals surface area contributed by atoms with Gasteiger partial charge in [-0.2, -0.15) is 0 Å². The van der Waals surface area contributed by atoms with E-state index in [0.717, 1.165) is 31.2 Å². The van der Waals surface area contributed by atoms with Crippen LogP contribution in [-0.2, 0) is 14.3 Å². The molecule has 136 valence electrons. The first kappa shape index (κ1) is 19.0. The summed E-state index contributed by atoms with van der Waals surface area (Å²) >= 11 is 0. The minimum atomic E-state index is -0.819. The summed E-state index contributed by atoms with van der Waals surface area (Å²) in [6, 6.07) is 7.44. The van der Waals surface area contributed by atoms with E-state index in [1.807, 2.05) is 19.1 Å². The van der Waals surface area contributed by atoms with Crippen LogP contribution in [0.4, 0.5) is 0 Å². The van der Waals surface area contributed by atoms with Gasteiger partial charge in [0.25, 0.3) is 11.8 Å². The molecule has 2 N–H and O–H groups in total. The Balaban J connectivity index is 1.68. The standard InChI is InChI=1S/C19H26N2O4/c1-13-7-3-6-10-16(13)19(24)20-12-11-17(22)25-14(2)18(23)21-15-8-4-5-9-15/h3,6-7,10,14-15H,4-5,8-9,11-12H2,1-2H3,(H,20,24)(H,21,23)/t14-/m1/s1. The molecule has 6 heteroatoms. The largest absolute Gasteiger partial charge is 0.452 e. The van der Waals surface area contributed by atoms with Gasteiger partial charge in [-0.05, 0) is 38.3 Å². The van der Waals surface area contributed by atoms with Crippen LogP contribution >= 0.6 is 0 Å². The molecule has 1 aliphatic rings. The van der Waals surface area contributed by atoms with E-state index in [0.29, 0.717) is 5.56 Å². The van der Waals surface area contributed by atoms with Crippen molar-refractivity contribution in [1.29, 1.82) is 0 Å². The Morgan fingerprint density at radius 3 is 2.56 bits per heavy atom. The molecule has 6 nitrogen and oxygen atoms in total. The van der Waals surface area contributed by atoms with E-state index in [9.17, 15) is 14.4 Å². The van der Waals surface area contributed by atoms with Gasteiger partial charge in [0.2, 0.25) is 0 Å². The second-order valence-electron chi connectivity index (χ2n) is 6.44. The van der Waals surface area contributed by atoms with Crippen molar-refractivity contribution < 1.29 is 19.1 Å². The molecule has 1 aliphatic carbocycles. The van der Waals surface area contributed by atoms with Gasteiger partial charge in [0.15, 0.2) is 6.10 Å². The highest BCUT2D eigenvalue weighted by atomic mass is 16.5. The fraction of sp³-hybridized carbons (Fsp3) is 0.526. The minimum Gasteiger partial charge on any atom is -0.452 e. The molecule has 0 radical (unpaired) electrons. The molecule has 0 spiro atoms. The van der Waals surface area contributed by atoms with Crippen molar-refractivity contribution in [2.24, 2.45) is 0 Å². The lowest BCUT2D eigenvalue weighted by atomic mass is 10.1. The maximum atomic E-state index is 12.0. The summed E-state index contributed by atoms with van der Waals surface area (Å²) in [6.45, 7) is 3.59. The molecule has 1 fully saturated rings. The predicted molar refractivity (Wildman–Crippen MR) is 94.1 cm³/mol. The van der Waals surface area contributed by atoms with Crippen molar-refractivity contribution in [3.8, 4) is 0 Å². The normalized spacial score (nSPS) is 15.4. The van der Waals surface area contributed by atoms with Gasteiger partial charge in [0.1, 0.15) is 0 Å². The lowest BCUT2D eigenvalue weighted by Crippen LogP contribution is -2.41. The van der Waals surface area contributed by atoms with Gasteiger partial charge in [-0.3, -0.25) is 14.4 Å². The smallest absolute Gasteiger partial charge is 0.308 e. The molecule has 2 rings (SSSR count). The highest BCUT2D eigenvalue weighted by molar-refractivity contribution is 5.95. The van der Waals surface area contributed by atoms with Crippen LogP contribution in [0.15, 0.2) is 24.3 Å². The number of rotatable bonds is 7. The van der Waals surface area contributed by atoms with Gasteiger partial charge in [-0.15, -0.1) is 0 Å². The van der Waals surface area contributed by atoms with E-state index in [-0.39, 0.29) is 30.8 Å². The zero-order valence-electron chi connectivity index (χ0n) is 14.8. The van der Waals surface area contributed by atoms with E-state index in [2.05, 4.69) is 10.6 Å². The molecule has 25 heavy (non-hydrogen) atoms. The molecule has 1 aromatic rings. The maximum Gasteiger partial charge on any atom is 0.308 e. The Morgan fingerprint density at radius 1 is 1.20 bits per heavy atom. The molecule has 2 amide bonds. The van der Waals surface area contributed by atoms with Gasteiger partial charge in [0, 0.05) is 18.2 Å². The summed E-state index contributed by atoms with van der Waals surface area (Å²) in [5.74, 6) is -0.985. The van der Waals surface area contributed by atoms with Crippen molar-refractivity contribution in [3.63, 3.8) is 0 Å². The van der Waals surface area contributed by atoms with Crippen LogP contribution < -0.4 is 10.6 Å². The Kier molecular flexibility index (Phi) is 6.98. The van der Waals surface area contributed by atoms with E-state index >= 15 is 0 Å². The first-order valence-corrected chi connectivity index (χ1v) is 8.81. The lowest BCUT2D eigenvalue weighted by molar-refractivity contribution is -0.154. The molecular weight excluding hydrogens is 320 g/mol. The molecule has 1 saturated carbocycles. The molecule has 0 aliphatic heterocycles. The second kappa shape index (κ2) is 9.20. The summed E-state index contributed by atoms with van der Waals surface area (Å²) in [7, 11) is 0. The second-order valence-corrected chi connectivity index (χ2v) is 6.44. The van der Waals surface area contributed by atoms with Crippen LogP contribution in [0.5, 0.6) is 0 Å².